The van der Waals surface area contributed by atoms with E-state index in [1.54, 1.807) is 6.07 Å². The molecule has 0 heterocycles. The molecule has 0 amide bonds. The Morgan fingerprint density at radius 3 is 2.65 bits per heavy atom. The molecule has 5 nitrogen and oxygen atoms in total. The zero-order chi connectivity index (χ0) is 14.5. The van der Waals surface area contributed by atoms with Crippen LogP contribution in [-0.4, -0.2) is 4.92 Å². The van der Waals surface area contributed by atoms with E-state index in [1.807, 2.05) is 18.2 Å². The monoisotopic (exact) mass is 292 g/mol. The summed E-state index contributed by atoms with van der Waals surface area (Å²) in [5.41, 5.74) is 6.87. The van der Waals surface area contributed by atoms with Crippen molar-refractivity contribution in [3.8, 4) is 5.75 Å². The summed E-state index contributed by atoms with van der Waals surface area (Å²) in [6.07, 6.45) is 0. The van der Waals surface area contributed by atoms with E-state index < -0.39 is 4.92 Å². The lowest BCUT2D eigenvalue weighted by Crippen LogP contribution is -2.04. The van der Waals surface area contributed by atoms with Gasteiger partial charge >= 0.3 is 0 Å². The normalized spacial score (nSPS) is 10.3. The Bertz CT molecular complexity index is 632. The predicted molar refractivity (Wildman–Crippen MR) is 76.8 cm³/mol. The number of nitrogens with two attached hydrogens (primary N) is 1. The van der Waals surface area contributed by atoms with Gasteiger partial charge in [-0.05, 0) is 18.2 Å². The number of para-hydroxylation sites is 1. The Hall–Kier alpha value is -2.11. The molecule has 6 heteroatoms. The fraction of sp³-hybridized carbons (Fsp3) is 0.143. The quantitative estimate of drug-likeness (QED) is 0.677. The summed E-state index contributed by atoms with van der Waals surface area (Å²) in [5.74, 6) is 0.615. The van der Waals surface area contributed by atoms with Crippen LogP contribution in [0.2, 0.25) is 5.02 Å². The molecular formula is C14H13ClN2O3. The molecule has 0 bridgehead atoms. The van der Waals surface area contributed by atoms with Crippen molar-refractivity contribution >= 4 is 17.3 Å². The van der Waals surface area contributed by atoms with Gasteiger partial charge in [0.05, 0.1) is 10.5 Å². The first-order valence-corrected chi connectivity index (χ1v) is 6.33. The van der Waals surface area contributed by atoms with Gasteiger partial charge in [0.1, 0.15) is 12.4 Å². The molecule has 0 aliphatic carbocycles. The molecule has 0 aliphatic heterocycles. The van der Waals surface area contributed by atoms with Crippen molar-refractivity contribution in [3.05, 3.63) is 68.7 Å². The van der Waals surface area contributed by atoms with Crippen molar-refractivity contribution in [2.75, 3.05) is 0 Å². The van der Waals surface area contributed by atoms with E-state index in [-0.39, 0.29) is 12.3 Å². The van der Waals surface area contributed by atoms with Crippen molar-refractivity contribution in [2.45, 2.75) is 13.2 Å². The fourth-order valence-electron chi connectivity index (χ4n) is 1.82. The maximum Gasteiger partial charge on any atom is 0.276 e. The van der Waals surface area contributed by atoms with Crippen molar-refractivity contribution in [3.63, 3.8) is 0 Å². The topological polar surface area (TPSA) is 78.4 Å². The maximum absolute atomic E-state index is 11.0. The first kappa shape index (κ1) is 14.3. The highest BCUT2D eigenvalue weighted by Crippen LogP contribution is 2.25. The van der Waals surface area contributed by atoms with Gasteiger partial charge < -0.3 is 10.5 Å². The van der Waals surface area contributed by atoms with Crippen LogP contribution in [0.4, 0.5) is 5.69 Å². The van der Waals surface area contributed by atoms with Gasteiger partial charge in [-0.3, -0.25) is 10.1 Å². The Balaban J connectivity index is 2.22. The fourth-order valence-corrected chi connectivity index (χ4v) is 2.01. The first-order chi connectivity index (χ1) is 9.61. The highest BCUT2D eigenvalue weighted by molar-refractivity contribution is 6.30. The third-order valence-corrected chi connectivity index (χ3v) is 3.05. The predicted octanol–water partition coefficient (Wildman–Crippen LogP) is 3.29. The molecule has 0 radical (unpaired) electrons. The second-order valence-corrected chi connectivity index (χ2v) is 4.57. The maximum atomic E-state index is 11.0. The molecule has 0 aliphatic rings. The summed E-state index contributed by atoms with van der Waals surface area (Å²) in [7, 11) is 0. The van der Waals surface area contributed by atoms with Gasteiger partial charge in [-0.15, -0.1) is 0 Å². The van der Waals surface area contributed by atoms with Gasteiger partial charge in [-0.2, -0.15) is 0 Å². The van der Waals surface area contributed by atoms with E-state index in [0.717, 1.165) is 5.56 Å². The molecule has 2 aromatic rings. The zero-order valence-electron chi connectivity index (χ0n) is 10.6. The number of rotatable bonds is 5. The molecule has 2 rings (SSSR count). The molecule has 0 unspecified atom stereocenters. The third-order valence-electron chi connectivity index (χ3n) is 2.81. The zero-order valence-corrected chi connectivity index (χ0v) is 11.3. The summed E-state index contributed by atoms with van der Waals surface area (Å²) >= 11 is 5.86. The second kappa shape index (κ2) is 6.36. The van der Waals surface area contributed by atoms with Crippen LogP contribution in [-0.2, 0) is 13.2 Å². The number of ether oxygens (including phenoxy) is 1. The number of benzene rings is 2. The van der Waals surface area contributed by atoms with Gasteiger partial charge in [-0.25, -0.2) is 0 Å². The Morgan fingerprint density at radius 1 is 1.20 bits per heavy atom. The molecule has 0 saturated carbocycles. The summed E-state index contributed by atoms with van der Waals surface area (Å²) < 4.78 is 5.62. The number of hydrogen-bond donors (Lipinski definition) is 1. The minimum atomic E-state index is -0.455. The molecule has 0 fully saturated rings. The van der Waals surface area contributed by atoms with Crippen molar-refractivity contribution in [2.24, 2.45) is 5.73 Å². The van der Waals surface area contributed by atoms with Gasteiger partial charge in [0.2, 0.25) is 0 Å². The lowest BCUT2D eigenvalue weighted by Gasteiger charge is -2.10. The van der Waals surface area contributed by atoms with E-state index in [9.17, 15) is 10.1 Å². The average molecular weight is 293 g/mol. The summed E-state index contributed by atoms with van der Waals surface area (Å²) in [4.78, 5) is 10.5. The number of nitro groups is 1. The first-order valence-electron chi connectivity index (χ1n) is 5.95. The van der Waals surface area contributed by atoms with Gasteiger partial charge in [0, 0.05) is 23.2 Å². The molecular weight excluding hydrogens is 280 g/mol. The van der Waals surface area contributed by atoms with Crippen LogP contribution in [0.5, 0.6) is 5.75 Å². The lowest BCUT2D eigenvalue weighted by atomic mass is 10.2. The largest absolute Gasteiger partial charge is 0.488 e. The summed E-state index contributed by atoms with van der Waals surface area (Å²) in [5, 5.41) is 11.4. The van der Waals surface area contributed by atoms with Gasteiger partial charge in [0.15, 0.2) is 0 Å². The van der Waals surface area contributed by atoms with E-state index in [4.69, 9.17) is 22.1 Å². The third kappa shape index (κ3) is 3.26. The van der Waals surface area contributed by atoms with Gasteiger partial charge in [0.25, 0.3) is 5.69 Å². The number of nitro benzene ring substituents is 1. The standard InChI is InChI=1S/C14H13ClN2O3/c15-12-5-6-13(17(18)19)11(7-12)9-20-14-4-2-1-3-10(14)8-16/h1-7H,8-9,16H2. The minimum absolute atomic E-state index is 0.0142. The Labute approximate surface area is 121 Å². The number of hydrogen-bond acceptors (Lipinski definition) is 4. The van der Waals surface area contributed by atoms with E-state index in [2.05, 4.69) is 0 Å². The number of nitrogens with zero attached hydrogens (tertiary/aromatic N) is 1. The van der Waals surface area contributed by atoms with E-state index in [0.29, 0.717) is 22.9 Å². The van der Waals surface area contributed by atoms with Gasteiger partial charge in [-0.1, -0.05) is 29.8 Å². The van der Waals surface area contributed by atoms with Crippen LogP contribution in [0.3, 0.4) is 0 Å². The lowest BCUT2D eigenvalue weighted by molar-refractivity contribution is -0.385. The van der Waals surface area contributed by atoms with E-state index in [1.165, 1.54) is 18.2 Å². The van der Waals surface area contributed by atoms with Crippen LogP contribution in [0.25, 0.3) is 0 Å². The summed E-state index contributed by atoms with van der Waals surface area (Å²) in [6, 6.07) is 11.7. The molecule has 2 N–H and O–H groups in total. The van der Waals surface area contributed by atoms with E-state index >= 15 is 0 Å². The second-order valence-electron chi connectivity index (χ2n) is 4.13. The molecule has 0 saturated heterocycles. The van der Waals surface area contributed by atoms with Crippen molar-refractivity contribution in [1.82, 2.24) is 0 Å². The van der Waals surface area contributed by atoms with Crippen LogP contribution in [0, 0.1) is 10.1 Å². The molecule has 0 aromatic heterocycles. The average Bonchev–Trinajstić information content (AvgIpc) is 2.45. The van der Waals surface area contributed by atoms with Crippen LogP contribution < -0.4 is 10.5 Å². The SMILES string of the molecule is NCc1ccccc1OCc1cc(Cl)ccc1[N+](=O)[O-]. The highest BCUT2D eigenvalue weighted by atomic mass is 35.5. The smallest absolute Gasteiger partial charge is 0.276 e. The molecule has 2 aromatic carbocycles. The minimum Gasteiger partial charge on any atom is -0.488 e. The Morgan fingerprint density at radius 2 is 1.95 bits per heavy atom. The van der Waals surface area contributed by atoms with Crippen LogP contribution in [0.15, 0.2) is 42.5 Å². The Kier molecular flexibility index (Phi) is 4.55. The molecule has 0 spiro atoms. The highest BCUT2D eigenvalue weighted by Gasteiger charge is 2.14. The number of halogens is 1. The van der Waals surface area contributed by atoms with Crippen LogP contribution >= 0.6 is 11.6 Å². The molecule has 104 valence electrons. The molecule has 0 atom stereocenters. The molecule has 20 heavy (non-hydrogen) atoms. The summed E-state index contributed by atoms with van der Waals surface area (Å²) in [6.45, 7) is 0.404. The van der Waals surface area contributed by atoms with Crippen molar-refractivity contribution < 1.29 is 9.66 Å². The van der Waals surface area contributed by atoms with Crippen molar-refractivity contribution in [1.29, 1.82) is 0 Å². The van der Waals surface area contributed by atoms with Crippen LogP contribution in [0.1, 0.15) is 11.1 Å².